The fourth-order valence-electron chi connectivity index (χ4n) is 1.16. The van der Waals surface area contributed by atoms with Gasteiger partial charge < -0.3 is 20.9 Å². The highest BCUT2D eigenvalue weighted by Gasteiger charge is 2.28. The summed E-state index contributed by atoms with van der Waals surface area (Å²) in [5, 5.41) is 0. The van der Waals surface area contributed by atoms with Gasteiger partial charge in [0.2, 0.25) is 0 Å². The highest BCUT2D eigenvalue weighted by Crippen LogP contribution is 2.15. The van der Waals surface area contributed by atoms with Crippen molar-refractivity contribution in [3.63, 3.8) is 0 Å². The SMILES string of the molecule is COCCC(N)(CCOC)C(C)N. The molecular formula is C9H22N2O2. The van der Waals surface area contributed by atoms with Gasteiger partial charge in [-0.05, 0) is 19.8 Å². The van der Waals surface area contributed by atoms with Crippen LogP contribution >= 0.6 is 0 Å². The first-order valence-corrected chi connectivity index (χ1v) is 4.59. The predicted molar refractivity (Wildman–Crippen MR) is 53.6 cm³/mol. The molecule has 0 aliphatic rings. The summed E-state index contributed by atoms with van der Waals surface area (Å²) in [6.45, 7) is 3.20. The van der Waals surface area contributed by atoms with Crippen LogP contribution in [0, 0.1) is 0 Å². The molecule has 1 unspecified atom stereocenters. The summed E-state index contributed by atoms with van der Waals surface area (Å²) in [7, 11) is 3.33. The van der Waals surface area contributed by atoms with Crippen molar-refractivity contribution in [1.29, 1.82) is 0 Å². The van der Waals surface area contributed by atoms with Gasteiger partial charge in [-0.3, -0.25) is 0 Å². The predicted octanol–water partition coefficient (Wildman–Crippen LogP) is 0.104. The second kappa shape index (κ2) is 6.32. The molecule has 4 nitrogen and oxygen atoms in total. The Morgan fingerprint density at radius 2 is 1.54 bits per heavy atom. The summed E-state index contributed by atoms with van der Waals surface area (Å²) < 4.78 is 9.98. The first kappa shape index (κ1) is 12.8. The topological polar surface area (TPSA) is 70.5 Å². The van der Waals surface area contributed by atoms with E-state index in [0.717, 1.165) is 12.8 Å². The lowest BCUT2D eigenvalue weighted by Gasteiger charge is -2.33. The van der Waals surface area contributed by atoms with E-state index >= 15 is 0 Å². The van der Waals surface area contributed by atoms with Crippen molar-refractivity contribution in [3.8, 4) is 0 Å². The van der Waals surface area contributed by atoms with E-state index in [0.29, 0.717) is 13.2 Å². The molecule has 4 N–H and O–H groups in total. The van der Waals surface area contributed by atoms with Gasteiger partial charge in [-0.25, -0.2) is 0 Å². The minimum Gasteiger partial charge on any atom is -0.385 e. The standard InChI is InChI=1S/C9H22N2O2/c1-8(10)9(11,4-6-12-2)5-7-13-3/h8H,4-7,10-11H2,1-3H3. The van der Waals surface area contributed by atoms with Gasteiger partial charge in [0.05, 0.1) is 0 Å². The lowest BCUT2D eigenvalue weighted by atomic mass is 9.86. The molecule has 0 aromatic rings. The van der Waals surface area contributed by atoms with Crippen LogP contribution in [0.3, 0.4) is 0 Å². The van der Waals surface area contributed by atoms with Crippen LogP contribution in [-0.4, -0.2) is 39.0 Å². The Labute approximate surface area is 80.6 Å². The average Bonchev–Trinajstić information content (AvgIpc) is 2.11. The Hall–Kier alpha value is -0.160. The van der Waals surface area contributed by atoms with E-state index in [1.165, 1.54) is 0 Å². The third-order valence-electron chi connectivity index (χ3n) is 2.45. The van der Waals surface area contributed by atoms with Crippen LogP contribution in [0.5, 0.6) is 0 Å². The minimum absolute atomic E-state index is 0.0437. The molecule has 0 aromatic heterocycles. The molecule has 0 heterocycles. The highest BCUT2D eigenvalue weighted by molar-refractivity contribution is 4.91. The van der Waals surface area contributed by atoms with Crippen LogP contribution in [-0.2, 0) is 9.47 Å². The molecule has 0 rings (SSSR count). The first-order valence-electron chi connectivity index (χ1n) is 4.59. The van der Waals surface area contributed by atoms with E-state index in [1.807, 2.05) is 6.92 Å². The molecule has 0 fully saturated rings. The van der Waals surface area contributed by atoms with Gasteiger partial charge in [0.25, 0.3) is 0 Å². The van der Waals surface area contributed by atoms with Crippen molar-refractivity contribution in [2.45, 2.75) is 31.3 Å². The maximum absolute atomic E-state index is 6.13. The maximum Gasteiger partial charge on any atom is 0.0480 e. The van der Waals surface area contributed by atoms with Crippen molar-refractivity contribution < 1.29 is 9.47 Å². The van der Waals surface area contributed by atoms with Crippen LogP contribution in [0.15, 0.2) is 0 Å². The van der Waals surface area contributed by atoms with E-state index in [1.54, 1.807) is 14.2 Å². The summed E-state index contributed by atoms with van der Waals surface area (Å²) in [5.41, 5.74) is 11.6. The second-order valence-corrected chi connectivity index (χ2v) is 3.51. The molecule has 80 valence electrons. The molecule has 0 radical (unpaired) electrons. The fourth-order valence-corrected chi connectivity index (χ4v) is 1.16. The van der Waals surface area contributed by atoms with E-state index < -0.39 is 0 Å². The molecule has 13 heavy (non-hydrogen) atoms. The molecule has 0 aromatic carbocycles. The van der Waals surface area contributed by atoms with Crippen molar-refractivity contribution in [2.75, 3.05) is 27.4 Å². The summed E-state index contributed by atoms with van der Waals surface area (Å²) in [4.78, 5) is 0. The summed E-state index contributed by atoms with van der Waals surface area (Å²) in [6, 6.07) is -0.0437. The summed E-state index contributed by atoms with van der Waals surface area (Å²) in [6.07, 6.45) is 1.54. The Morgan fingerprint density at radius 3 is 1.77 bits per heavy atom. The average molecular weight is 190 g/mol. The van der Waals surface area contributed by atoms with Crippen molar-refractivity contribution >= 4 is 0 Å². The van der Waals surface area contributed by atoms with Gasteiger partial charge in [0.15, 0.2) is 0 Å². The Morgan fingerprint density at radius 1 is 1.15 bits per heavy atom. The Balaban J connectivity index is 4.00. The highest BCUT2D eigenvalue weighted by atomic mass is 16.5. The monoisotopic (exact) mass is 190 g/mol. The summed E-state index contributed by atoms with van der Waals surface area (Å²) >= 11 is 0. The molecule has 0 saturated heterocycles. The second-order valence-electron chi connectivity index (χ2n) is 3.51. The van der Waals surface area contributed by atoms with E-state index in [9.17, 15) is 0 Å². The zero-order valence-electron chi connectivity index (χ0n) is 8.88. The maximum atomic E-state index is 6.13. The van der Waals surface area contributed by atoms with Gasteiger partial charge >= 0.3 is 0 Å². The Bertz CT molecular complexity index is 121. The zero-order valence-corrected chi connectivity index (χ0v) is 8.88. The molecule has 0 spiro atoms. The molecule has 0 aliphatic carbocycles. The molecule has 0 amide bonds. The van der Waals surface area contributed by atoms with Crippen LogP contribution in [0.2, 0.25) is 0 Å². The van der Waals surface area contributed by atoms with E-state index in [2.05, 4.69) is 0 Å². The van der Waals surface area contributed by atoms with Crippen molar-refractivity contribution in [2.24, 2.45) is 11.5 Å². The third-order valence-corrected chi connectivity index (χ3v) is 2.45. The van der Waals surface area contributed by atoms with Crippen LogP contribution < -0.4 is 11.5 Å². The fraction of sp³-hybridized carbons (Fsp3) is 1.00. The normalized spacial score (nSPS) is 14.5. The molecule has 0 aliphatic heterocycles. The molecule has 4 heteroatoms. The van der Waals surface area contributed by atoms with Gasteiger partial charge in [-0.15, -0.1) is 0 Å². The smallest absolute Gasteiger partial charge is 0.0480 e. The van der Waals surface area contributed by atoms with Gasteiger partial charge in [-0.1, -0.05) is 0 Å². The van der Waals surface area contributed by atoms with Crippen LogP contribution in [0.4, 0.5) is 0 Å². The minimum atomic E-state index is -0.369. The number of ether oxygens (including phenoxy) is 2. The van der Waals surface area contributed by atoms with Gasteiger partial charge in [-0.2, -0.15) is 0 Å². The third kappa shape index (κ3) is 4.57. The lowest BCUT2D eigenvalue weighted by Crippen LogP contribution is -2.55. The Kier molecular flexibility index (Phi) is 6.24. The van der Waals surface area contributed by atoms with Gasteiger partial charge in [0, 0.05) is 39.0 Å². The summed E-state index contributed by atoms with van der Waals surface area (Å²) in [5.74, 6) is 0. The number of nitrogens with two attached hydrogens (primary N) is 2. The van der Waals surface area contributed by atoms with Crippen molar-refractivity contribution in [1.82, 2.24) is 0 Å². The van der Waals surface area contributed by atoms with Crippen molar-refractivity contribution in [3.05, 3.63) is 0 Å². The molecule has 0 bridgehead atoms. The van der Waals surface area contributed by atoms with E-state index in [4.69, 9.17) is 20.9 Å². The van der Waals surface area contributed by atoms with E-state index in [-0.39, 0.29) is 11.6 Å². The van der Waals surface area contributed by atoms with Crippen LogP contribution in [0.25, 0.3) is 0 Å². The van der Waals surface area contributed by atoms with Crippen LogP contribution in [0.1, 0.15) is 19.8 Å². The lowest BCUT2D eigenvalue weighted by molar-refractivity contribution is 0.124. The quantitative estimate of drug-likeness (QED) is 0.597. The number of methoxy groups -OCH3 is 2. The molecule has 1 atom stereocenters. The molecule has 0 saturated carbocycles. The van der Waals surface area contributed by atoms with Gasteiger partial charge in [0.1, 0.15) is 0 Å². The number of hydrogen-bond donors (Lipinski definition) is 2. The number of rotatable bonds is 7. The number of hydrogen-bond acceptors (Lipinski definition) is 4. The largest absolute Gasteiger partial charge is 0.385 e. The first-order chi connectivity index (χ1) is 6.06. The zero-order chi connectivity index (χ0) is 10.3. The molecular weight excluding hydrogens is 168 g/mol.